The SMILES string of the molecule is COc1ccc(OC)c(CC(=O)N2CCOCC2CC(=O)O)c1. The van der Waals surface area contributed by atoms with Gasteiger partial charge in [0.1, 0.15) is 11.5 Å². The molecule has 1 heterocycles. The number of carboxylic acid groups (broad SMARTS) is 1. The molecule has 1 fully saturated rings. The van der Waals surface area contributed by atoms with Crippen molar-refractivity contribution in [2.45, 2.75) is 18.9 Å². The van der Waals surface area contributed by atoms with E-state index in [9.17, 15) is 9.59 Å². The Kier molecular flexibility index (Phi) is 5.81. The van der Waals surface area contributed by atoms with Crippen LogP contribution in [-0.2, 0) is 20.7 Å². The third-order valence-electron chi connectivity index (χ3n) is 3.79. The van der Waals surface area contributed by atoms with Gasteiger partial charge < -0.3 is 24.2 Å². The van der Waals surface area contributed by atoms with Crippen molar-refractivity contribution >= 4 is 11.9 Å². The van der Waals surface area contributed by atoms with Crippen molar-refractivity contribution < 1.29 is 28.9 Å². The van der Waals surface area contributed by atoms with Gasteiger partial charge in [-0.3, -0.25) is 9.59 Å². The molecule has 7 heteroatoms. The molecule has 126 valence electrons. The van der Waals surface area contributed by atoms with Crippen molar-refractivity contribution in [1.82, 2.24) is 4.90 Å². The molecule has 1 N–H and O–H groups in total. The summed E-state index contributed by atoms with van der Waals surface area (Å²) in [4.78, 5) is 25.1. The van der Waals surface area contributed by atoms with Gasteiger partial charge in [-0.1, -0.05) is 0 Å². The van der Waals surface area contributed by atoms with Gasteiger partial charge >= 0.3 is 5.97 Å². The van der Waals surface area contributed by atoms with Crippen molar-refractivity contribution in [1.29, 1.82) is 0 Å². The highest BCUT2D eigenvalue weighted by atomic mass is 16.5. The first-order valence-electron chi connectivity index (χ1n) is 7.35. The topological polar surface area (TPSA) is 85.3 Å². The second kappa shape index (κ2) is 7.82. The van der Waals surface area contributed by atoms with E-state index in [-0.39, 0.29) is 25.4 Å². The maximum atomic E-state index is 12.6. The molecule has 1 aliphatic heterocycles. The van der Waals surface area contributed by atoms with Crippen LogP contribution >= 0.6 is 0 Å². The van der Waals surface area contributed by atoms with E-state index >= 15 is 0 Å². The lowest BCUT2D eigenvalue weighted by Gasteiger charge is -2.35. The zero-order chi connectivity index (χ0) is 16.8. The van der Waals surface area contributed by atoms with Gasteiger partial charge in [0.05, 0.1) is 46.3 Å². The number of carbonyl (C=O) groups is 2. The molecule has 0 bridgehead atoms. The second-order valence-electron chi connectivity index (χ2n) is 5.27. The molecule has 1 aromatic rings. The molecule has 1 amide bonds. The molecule has 23 heavy (non-hydrogen) atoms. The molecule has 1 aromatic carbocycles. The van der Waals surface area contributed by atoms with E-state index in [0.717, 1.165) is 0 Å². The molecule has 1 atom stereocenters. The van der Waals surface area contributed by atoms with E-state index in [2.05, 4.69) is 0 Å². The van der Waals surface area contributed by atoms with Gasteiger partial charge in [0.15, 0.2) is 0 Å². The van der Waals surface area contributed by atoms with Crippen molar-refractivity contribution in [2.24, 2.45) is 0 Å². The van der Waals surface area contributed by atoms with E-state index in [0.29, 0.717) is 30.2 Å². The molecule has 0 aliphatic carbocycles. The minimum absolute atomic E-state index is 0.122. The van der Waals surface area contributed by atoms with E-state index in [1.165, 1.54) is 7.11 Å². The molecule has 2 rings (SSSR count). The number of methoxy groups -OCH3 is 2. The fraction of sp³-hybridized carbons (Fsp3) is 0.500. The monoisotopic (exact) mass is 323 g/mol. The molecule has 7 nitrogen and oxygen atoms in total. The fourth-order valence-electron chi connectivity index (χ4n) is 2.64. The minimum Gasteiger partial charge on any atom is -0.497 e. The summed E-state index contributed by atoms with van der Waals surface area (Å²) < 4.78 is 15.7. The number of rotatable bonds is 6. The quantitative estimate of drug-likeness (QED) is 0.839. The van der Waals surface area contributed by atoms with Crippen LogP contribution in [0.1, 0.15) is 12.0 Å². The van der Waals surface area contributed by atoms with Crippen LogP contribution in [0.25, 0.3) is 0 Å². The Morgan fingerprint density at radius 1 is 1.35 bits per heavy atom. The number of carbonyl (C=O) groups excluding carboxylic acids is 1. The van der Waals surface area contributed by atoms with Crippen LogP contribution in [0.15, 0.2) is 18.2 Å². The van der Waals surface area contributed by atoms with Gasteiger partial charge in [-0.05, 0) is 18.2 Å². The fourth-order valence-corrected chi connectivity index (χ4v) is 2.64. The smallest absolute Gasteiger partial charge is 0.305 e. The average Bonchev–Trinajstić information content (AvgIpc) is 2.54. The second-order valence-corrected chi connectivity index (χ2v) is 5.27. The van der Waals surface area contributed by atoms with Crippen LogP contribution in [0.4, 0.5) is 0 Å². The largest absolute Gasteiger partial charge is 0.497 e. The van der Waals surface area contributed by atoms with E-state index in [1.54, 1.807) is 30.2 Å². The van der Waals surface area contributed by atoms with Gasteiger partial charge in [0.2, 0.25) is 5.91 Å². The Balaban J connectivity index is 2.14. The number of aliphatic carboxylic acids is 1. The standard InChI is InChI=1S/C16H21NO6/c1-21-13-3-4-14(22-2)11(7-13)8-15(18)17-5-6-23-10-12(17)9-16(19)20/h3-4,7,12H,5-6,8-10H2,1-2H3,(H,19,20). The summed E-state index contributed by atoms with van der Waals surface area (Å²) >= 11 is 0. The Morgan fingerprint density at radius 2 is 2.13 bits per heavy atom. The van der Waals surface area contributed by atoms with Crippen molar-refractivity contribution in [3.63, 3.8) is 0 Å². The summed E-state index contributed by atoms with van der Waals surface area (Å²) in [5, 5.41) is 8.98. The van der Waals surface area contributed by atoms with Crippen LogP contribution in [0.3, 0.4) is 0 Å². The summed E-state index contributed by atoms with van der Waals surface area (Å²) in [6.45, 7) is 1.05. The normalized spacial score (nSPS) is 17.7. The molecular formula is C16H21NO6. The van der Waals surface area contributed by atoms with Gasteiger partial charge in [-0.25, -0.2) is 0 Å². The lowest BCUT2D eigenvalue weighted by atomic mass is 10.1. The number of morpholine rings is 1. The highest BCUT2D eigenvalue weighted by Crippen LogP contribution is 2.25. The molecule has 1 unspecified atom stereocenters. The molecule has 0 spiro atoms. The van der Waals surface area contributed by atoms with E-state index < -0.39 is 12.0 Å². The molecule has 1 saturated heterocycles. The first kappa shape index (κ1) is 17.1. The lowest BCUT2D eigenvalue weighted by molar-refractivity contribution is -0.145. The number of amides is 1. The predicted octanol–water partition coefficient (Wildman–Crippen LogP) is 0.948. The Hall–Kier alpha value is -2.28. The highest BCUT2D eigenvalue weighted by Gasteiger charge is 2.29. The first-order valence-corrected chi connectivity index (χ1v) is 7.35. The minimum atomic E-state index is -0.947. The number of hydrogen-bond donors (Lipinski definition) is 1. The van der Waals surface area contributed by atoms with E-state index in [4.69, 9.17) is 19.3 Å². The van der Waals surface area contributed by atoms with Crippen molar-refractivity contribution in [3.8, 4) is 11.5 Å². The molecular weight excluding hydrogens is 302 g/mol. The van der Waals surface area contributed by atoms with Crippen LogP contribution in [0.5, 0.6) is 11.5 Å². The third-order valence-corrected chi connectivity index (χ3v) is 3.79. The number of hydrogen-bond acceptors (Lipinski definition) is 5. The van der Waals surface area contributed by atoms with Crippen LogP contribution in [-0.4, -0.2) is 61.9 Å². The number of nitrogens with zero attached hydrogens (tertiary/aromatic N) is 1. The van der Waals surface area contributed by atoms with Crippen LogP contribution < -0.4 is 9.47 Å². The Bertz CT molecular complexity index is 574. The summed E-state index contributed by atoms with van der Waals surface area (Å²) in [6.07, 6.45) is -0.00250. The van der Waals surface area contributed by atoms with E-state index in [1.807, 2.05) is 0 Å². The summed E-state index contributed by atoms with van der Waals surface area (Å²) in [7, 11) is 3.09. The molecule has 0 radical (unpaired) electrons. The summed E-state index contributed by atoms with van der Waals surface area (Å²) in [6, 6.07) is 4.82. The molecule has 0 aromatic heterocycles. The van der Waals surface area contributed by atoms with Crippen molar-refractivity contribution in [2.75, 3.05) is 34.0 Å². The van der Waals surface area contributed by atoms with Crippen LogP contribution in [0.2, 0.25) is 0 Å². The first-order chi connectivity index (χ1) is 11.0. The summed E-state index contributed by atoms with van der Waals surface area (Å²) in [5.41, 5.74) is 0.706. The van der Waals surface area contributed by atoms with Gasteiger partial charge in [-0.2, -0.15) is 0 Å². The van der Waals surface area contributed by atoms with Gasteiger partial charge in [-0.15, -0.1) is 0 Å². The molecule has 0 saturated carbocycles. The van der Waals surface area contributed by atoms with Crippen LogP contribution in [0, 0.1) is 0 Å². The Labute approximate surface area is 134 Å². The summed E-state index contributed by atoms with van der Waals surface area (Å²) in [5.74, 6) is 0.142. The molecule has 1 aliphatic rings. The van der Waals surface area contributed by atoms with Crippen molar-refractivity contribution in [3.05, 3.63) is 23.8 Å². The Morgan fingerprint density at radius 3 is 2.78 bits per heavy atom. The average molecular weight is 323 g/mol. The zero-order valence-corrected chi connectivity index (χ0v) is 13.3. The number of ether oxygens (including phenoxy) is 3. The maximum absolute atomic E-state index is 12.6. The number of benzene rings is 1. The van der Waals surface area contributed by atoms with Gasteiger partial charge in [0.25, 0.3) is 0 Å². The lowest BCUT2D eigenvalue weighted by Crippen LogP contribution is -2.50. The number of carboxylic acids is 1. The third kappa shape index (κ3) is 4.35. The zero-order valence-electron chi connectivity index (χ0n) is 13.3. The maximum Gasteiger partial charge on any atom is 0.305 e. The van der Waals surface area contributed by atoms with Gasteiger partial charge in [0, 0.05) is 12.1 Å². The highest BCUT2D eigenvalue weighted by molar-refractivity contribution is 5.81. The predicted molar refractivity (Wildman–Crippen MR) is 81.8 cm³/mol.